The summed E-state index contributed by atoms with van der Waals surface area (Å²) in [4.78, 5) is 16.0. The Morgan fingerprint density at radius 2 is 1.91 bits per heavy atom. The Balaban J connectivity index is 1.44. The average molecular weight is 535 g/mol. The number of amides is 1. The zero-order chi connectivity index (χ0) is 25.3. The van der Waals surface area contributed by atoms with Gasteiger partial charge in [0.25, 0.3) is 15.9 Å². The normalized spacial score (nSPS) is 14.8. The third kappa shape index (κ3) is 5.11. The molecule has 7 nitrogen and oxygen atoms in total. The van der Waals surface area contributed by atoms with E-state index in [-0.39, 0.29) is 41.8 Å². The molecule has 3 aromatic rings. The first-order chi connectivity index (χ1) is 16.6. The van der Waals surface area contributed by atoms with Crippen LogP contribution in [-0.4, -0.2) is 74.0 Å². The van der Waals surface area contributed by atoms with Gasteiger partial charge in [-0.05, 0) is 35.7 Å². The smallest absolute Gasteiger partial charge is 0.256 e. The lowest BCUT2D eigenvalue weighted by atomic mass is 10.1. The summed E-state index contributed by atoms with van der Waals surface area (Å²) in [6.45, 7) is 4.58. The van der Waals surface area contributed by atoms with Gasteiger partial charge in [0.2, 0.25) is 0 Å². The number of hydrogen-bond donors (Lipinski definition) is 1. The molecule has 1 aliphatic heterocycles. The van der Waals surface area contributed by atoms with Crippen LogP contribution in [0.25, 0.3) is 10.1 Å². The Morgan fingerprint density at radius 3 is 2.57 bits per heavy atom. The van der Waals surface area contributed by atoms with E-state index < -0.39 is 21.7 Å². The minimum Gasteiger partial charge on any atom is -0.356 e. The summed E-state index contributed by atoms with van der Waals surface area (Å²) in [5.41, 5.74) is 0.245. The summed E-state index contributed by atoms with van der Waals surface area (Å²) in [5, 5.41) is 9.49. The van der Waals surface area contributed by atoms with Crippen LogP contribution in [0.2, 0.25) is 5.02 Å². The zero-order valence-electron chi connectivity index (χ0n) is 19.0. The summed E-state index contributed by atoms with van der Waals surface area (Å²) in [6.07, 6.45) is 1.64. The minimum absolute atomic E-state index is 0.106. The van der Waals surface area contributed by atoms with Crippen LogP contribution in [0.4, 0.5) is 4.39 Å². The lowest BCUT2D eigenvalue weighted by molar-refractivity contribution is 0.0693. The van der Waals surface area contributed by atoms with Gasteiger partial charge in [-0.1, -0.05) is 29.8 Å². The molecule has 11 heteroatoms. The largest absolute Gasteiger partial charge is 0.356 e. The Morgan fingerprint density at radius 1 is 1.20 bits per heavy atom. The van der Waals surface area contributed by atoms with Gasteiger partial charge < -0.3 is 9.80 Å². The van der Waals surface area contributed by atoms with Crippen molar-refractivity contribution in [2.24, 2.45) is 0 Å². The van der Waals surface area contributed by atoms with Gasteiger partial charge in [-0.15, -0.1) is 17.9 Å². The van der Waals surface area contributed by atoms with Crippen molar-refractivity contribution in [2.75, 3.05) is 39.8 Å². The summed E-state index contributed by atoms with van der Waals surface area (Å²) in [7, 11) is -2.03. The molecule has 1 N–H and O–H groups in total. The Kier molecular flexibility index (Phi) is 7.27. The van der Waals surface area contributed by atoms with Gasteiger partial charge in [0, 0.05) is 55.1 Å². The topological polar surface area (TPSA) is 84.8 Å². The van der Waals surface area contributed by atoms with Gasteiger partial charge in [-0.3, -0.25) is 10.2 Å². The monoisotopic (exact) mass is 534 g/mol. The van der Waals surface area contributed by atoms with Crippen LogP contribution < -0.4 is 0 Å². The maximum atomic E-state index is 14.8. The molecule has 4 rings (SSSR count). The number of rotatable bonds is 6. The number of nitrogens with zero attached hydrogens (tertiary/aromatic N) is 3. The second kappa shape index (κ2) is 10.1. The van der Waals surface area contributed by atoms with E-state index in [9.17, 15) is 17.6 Å². The quantitative estimate of drug-likeness (QED) is 0.290. The van der Waals surface area contributed by atoms with Crippen LogP contribution in [0.1, 0.15) is 15.9 Å². The maximum Gasteiger partial charge on any atom is 0.256 e. The molecule has 0 saturated carbocycles. The predicted molar refractivity (Wildman–Crippen MR) is 138 cm³/mol. The molecule has 184 valence electrons. The van der Waals surface area contributed by atoms with Gasteiger partial charge >= 0.3 is 0 Å². The van der Waals surface area contributed by atoms with Crippen LogP contribution in [0.3, 0.4) is 0 Å². The van der Waals surface area contributed by atoms with E-state index in [1.807, 2.05) is 0 Å². The molecule has 0 aliphatic carbocycles. The average Bonchev–Trinajstić information content (AvgIpc) is 3.27. The molecule has 1 aliphatic rings. The van der Waals surface area contributed by atoms with E-state index in [0.717, 1.165) is 21.4 Å². The number of benzene rings is 2. The SMILES string of the molecule is C=CCN(C)C(=N)c1ccc(C(=O)N2CCN(S(=O)(=O)c3cc4ccc(Cl)cc4s3)CC2)c(F)c1. The molecular formula is C24H24ClFN4O3S2. The lowest BCUT2D eigenvalue weighted by Crippen LogP contribution is -2.50. The van der Waals surface area contributed by atoms with Crippen LogP contribution >= 0.6 is 22.9 Å². The van der Waals surface area contributed by atoms with Gasteiger partial charge in [0.1, 0.15) is 15.9 Å². The number of carbonyl (C=O) groups is 1. The van der Waals surface area contributed by atoms with Gasteiger partial charge in [-0.2, -0.15) is 4.31 Å². The fraction of sp³-hybridized carbons (Fsp3) is 0.250. The number of nitrogens with one attached hydrogen (secondary N) is 1. The van der Waals surface area contributed by atoms with E-state index in [0.29, 0.717) is 17.1 Å². The number of likely N-dealkylation sites (N-methyl/N-ethyl adjacent to an activating group) is 1. The maximum absolute atomic E-state index is 14.8. The molecule has 0 atom stereocenters. The third-order valence-corrected chi connectivity index (χ3v) is 9.52. The first-order valence-electron chi connectivity index (χ1n) is 10.8. The standard InChI is InChI=1S/C24H24ClFN4O3S2/c1-3-8-28(2)23(27)17-5-7-19(20(26)13-17)24(31)29-9-11-30(12-10-29)35(32,33)22-14-16-4-6-18(25)15-21(16)34-22/h3-7,13-15,27H,1,8-12H2,2H3. The number of halogens is 2. The van der Waals surface area contributed by atoms with Crippen LogP contribution in [-0.2, 0) is 10.0 Å². The zero-order valence-corrected chi connectivity index (χ0v) is 21.4. The van der Waals surface area contributed by atoms with E-state index in [2.05, 4.69) is 6.58 Å². The Bertz CT molecular complexity index is 1420. The Hall–Kier alpha value is -2.79. The van der Waals surface area contributed by atoms with E-state index in [1.165, 1.54) is 27.4 Å². The summed E-state index contributed by atoms with van der Waals surface area (Å²) >= 11 is 7.17. The van der Waals surface area contributed by atoms with Crippen LogP contribution in [0.5, 0.6) is 0 Å². The number of thiophene rings is 1. The molecule has 1 saturated heterocycles. The summed E-state index contributed by atoms with van der Waals surface area (Å²) in [5.74, 6) is -1.11. The molecular weight excluding hydrogens is 511 g/mol. The number of sulfonamides is 1. The van der Waals surface area contributed by atoms with Gasteiger partial charge in [0.05, 0.1) is 5.56 Å². The first-order valence-corrected chi connectivity index (χ1v) is 13.4. The highest BCUT2D eigenvalue weighted by Crippen LogP contribution is 2.33. The molecule has 2 aromatic carbocycles. The van der Waals surface area contributed by atoms with E-state index in [1.54, 1.807) is 42.3 Å². The van der Waals surface area contributed by atoms with Crippen molar-refractivity contribution in [2.45, 2.75) is 4.21 Å². The fourth-order valence-electron chi connectivity index (χ4n) is 3.88. The second-order valence-corrected chi connectivity index (χ2v) is 11.8. The van der Waals surface area contributed by atoms with E-state index >= 15 is 0 Å². The lowest BCUT2D eigenvalue weighted by Gasteiger charge is -2.33. The highest BCUT2D eigenvalue weighted by Gasteiger charge is 2.32. The molecule has 0 spiro atoms. The van der Waals surface area contributed by atoms with Gasteiger partial charge in [-0.25, -0.2) is 12.8 Å². The van der Waals surface area contributed by atoms with Crippen molar-refractivity contribution in [3.63, 3.8) is 0 Å². The van der Waals surface area contributed by atoms with Crippen LogP contribution in [0, 0.1) is 11.2 Å². The van der Waals surface area contributed by atoms with Crippen LogP contribution in [0.15, 0.2) is 59.3 Å². The molecule has 1 aromatic heterocycles. The van der Waals surface area contributed by atoms with Crippen molar-refractivity contribution >= 4 is 54.8 Å². The fourth-order valence-corrected chi connectivity index (χ4v) is 7.13. The number of carbonyl (C=O) groups excluding carboxylic acids is 1. The van der Waals surface area contributed by atoms with Crippen molar-refractivity contribution in [3.8, 4) is 0 Å². The highest BCUT2D eigenvalue weighted by molar-refractivity contribution is 7.91. The third-order valence-electron chi connectivity index (χ3n) is 5.84. The molecule has 0 unspecified atom stereocenters. The Labute approximate surface area is 212 Å². The summed E-state index contributed by atoms with van der Waals surface area (Å²) in [6, 6.07) is 10.9. The number of amidine groups is 1. The predicted octanol–water partition coefficient (Wildman–Crippen LogP) is 4.28. The van der Waals surface area contributed by atoms with Crippen molar-refractivity contribution in [1.29, 1.82) is 5.41 Å². The molecule has 2 heterocycles. The second-order valence-electron chi connectivity index (χ2n) is 8.16. The van der Waals surface area contributed by atoms with Crippen molar-refractivity contribution in [1.82, 2.24) is 14.1 Å². The number of hydrogen-bond acceptors (Lipinski definition) is 5. The molecule has 1 amide bonds. The summed E-state index contributed by atoms with van der Waals surface area (Å²) < 4.78 is 43.4. The van der Waals surface area contributed by atoms with Gasteiger partial charge in [0.15, 0.2) is 0 Å². The van der Waals surface area contributed by atoms with Crippen molar-refractivity contribution < 1.29 is 17.6 Å². The first kappa shape index (κ1) is 25.3. The van der Waals surface area contributed by atoms with Crippen molar-refractivity contribution in [3.05, 3.63) is 77.1 Å². The molecule has 0 bridgehead atoms. The molecule has 1 fully saturated rings. The highest BCUT2D eigenvalue weighted by atomic mass is 35.5. The number of piperazine rings is 1. The minimum atomic E-state index is -3.73. The number of fused-ring (bicyclic) bond motifs is 1. The van der Waals surface area contributed by atoms with E-state index in [4.69, 9.17) is 17.0 Å². The molecule has 0 radical (unpaired) electrons. The molecule has 35 heavy (non-hydrogen) atoms.